The van der Waals surface area contributed by atoms with Crippen molar-refractivity contribution in [3.8, 4) is 0 Å². The summed E-state index contributed by atoms with van der Waals surface area (Å²) in [6.45, 7) is 5.89. The van der Waals surface area contributed by atoms with Crippen molar-refractivity contribution >= 4 is 26.6 Å². The Bertz CT molecular complexity index is 988. The van der Waals surface area contributed by atoms with Crippen LogP contribution in [-0.2, 0) is 34.0 Å². The number of Topliss-reactive ketones (excluding diaryl/α,β-unsaturated/α-hetero) is 1. The van der Waals surface area contributed by atoms with Gasteiger partial charge in [0.15, 0.2) is 0 Å². The quantitative estimate of drug-likeness (QED) is 0.198. The molecule has 9 atom stereocenters. The van der Waals surface area contributed by atoms with Crippen molar-refractivity contribution in [3.63, 3.8) is 0 Å². The molecule has 0 spiro atoms. The zero-order valence-electron chi connectivity index (χ0n) is 20.7. The summed E-state index contributed by atoms with van der Waals surface area (Å²) in [7, 11) is -9.87. The number of fused-ring (bicyclic) bond motifs is 5. The van der Waals surface area contributed by atoms with Crippen LogP contribution in [0.3, 0.4) is 0 Å². The van der Waals surface area contributed by atoms with Gasteiger partial charge in [-0.05, 0) is 92.8 Å². The fourth-order valence-corrected chi connectivity index (χ4v) is 9.44. The van der Waals surface area contributed by atoms with E-state index in [0.717, 1.165) is 25.7 Å². The third kappa shape index (κ3) is 6.01. The molecule has 4 aliphatic rings. The van der Waals surface area contributed by atoms with Crippen LogP contribution >= 0.6 is 0 Å². The standard InChI is InChI=1S/C21H34O9S2.2Na/c1-12(22)15-4-5-16-14-11-19(30-32(26,27)28)18-10-13(29-31(23,24)25)6-8-21(18,3)17(14)7-9-20(15,16)2;;/h13-19H,4-11H2,1-3H3,(H,23,24,25)(H,26,27,28);;/q;2*+1/p-2/t13-,14-,15+,16-,17-,18+,19-,20+,21+;;/m0../s1. The molecule has 9 nitrogen and oxygen atoms in total. The van der Waals surface area contributed by atoms with Gasteiger partial charge in [0.2, 0.25) is 20.8 Å². The number of hydrogen-bond donors (Lipinski definition) is 0. The summed E-state index contributed by atoms with van der Waals surface area (Å²) >= 11 is 0. The van der Waals surface area contributed by atoms with Crippen molar-refractivity contribution in [1.29, 1.82) is 0 Å². The second-order valence-electron chi connectivity index (χ2n) is 11.0. The second kappa shape index (κ2) is 10.9. The van der Waals surface area contributed by atoms with Crippen molar-refractivity contribution in [2.45, 2.75) is 84.3 Å². The summed E-state index contributed by atoms with van der Waals surface area (Å²) in [6, 6.07) is 0. The molecule has 0 aromatic carbocycles. The Labute approximate surface area is 247 Å². The molecule has 0 amide bonds. The first-order valence-electron chi connectivity index (χ1n) is 11.4. The average molecular weight is 539 g/mol. The van der Waals surface area contributed by atoms with Gasteiger partial charge in [-0.2, -0.15) is 0 Å². The molecule has 0 heterocycles. The fourth-order valence-electron chi connectivity index (χ4n) is 8.41. The van der Waals surface area contributed by atoms with E-state index in [1.807, 2.05) is 0 Å². The Morgan fingerprint density at radius 3 is 1.91 bits per heavy atom. The zero-order valence-corrected chi connectivity index (χ0v) is 26.3. The van der Waals surface area contributed by atoms with E-state index in [9.17, 15) is 30.7 Å². The smallest absolute Gasteiger partial charge is 0.726 e. The number of carbonyl (C=O) groups is 1. The van der Waals surface area contributed by atoms with E-state index >= 15 is 0 Å². The van der Waals surface area contributed by atoms with E-state index in [1.165, 1.54) is 0 Å². The third-order valence-electron chi connectivity index (χ3n) is 9.59. The predicted octanol–water partition coefficient (Wildman–Crippen LogP) is -3.46. The molecule has 4 fully saturated rings. The average Bonchev–Trinajstić information content (AvgIpc) is 2.98. The molecule has 13 heteroatoms. The summed E-state index contributed by atoms with van der Waals surface area (Å²) in [5.74, 6) is 0.376. The van der Waals surface area contributed by atoms with Crippen molar-refractivity contribution in [3.05, 3.63) is 0 Å². The van der Waals surface area contributed by atoms with E-state index in [1.54, 1.807) is 6.92 Å². The molecule has 0 radical (unpaired) electrons. The third-order valence-corrected chi connectivity index (χ3v) is 10.6. The maximum Gasteiger partial charge on any atom is 1.00 e. The van der Waals surface area contributed by atoms with Gasteiger partial charge in [-0.15, -0.1) is 0 Å². The van der Waals surface area contributed by atoms with Gasteiger partial charge >= 0.3 is 59.1 Å². The van der Waals surface area contributed by atoms with Crippen LogP contribution in [0.1, 0.15) is 72.1 Å². The molecule has 0 bridgehead atoms. The van der Waals surface area contributed by atoms with Crippen LogP contribution in [0.5, 0.6) is 0 Å². The fraction of sp³-hybridized carbons (Fsp3) is 0.952. The van der Waals surface area contributed by atoms with Crippen LogP contribution in [0.15, 0.2) is 0 Å². The molecule has 4 aliphatic carbocycles. The van der Waals surface area contributed by atoms with E-state index in [2.05, 4.69) is 13.8 Å². The molecular weight excluding hydrogens is 506 g/mol. The first kappa shape index (κ1) is 31.6. The second-order valence-corrected chi connectivity index (χ2v) is 13.0. The molecule has 0 N–H and O–H groups in total. The van der Waals surface area contributed by atoms with Gasteiger partial charge in [-0.25, -0.2) is 16.8 Å². The first-order valence-corrected chi connectivity index (χ1v) is 14.1. The largest absolute Gasteiger partial charge is 1.00 e. The van der Waals surface area contributed by atoms with Gasteiger partial charge in [-0.1, -0.05) is 13.8 Å². The van der Waals surface area contributed by atoms with Crippen molar-refractivity contribution < 1.29 is 98.2 Å². The van der Waals surface area contributed by atoms with Crippen LogP contribution in [0.2, 0.25) is 0 Å². The topological polar surface area (TPSA) is 150 Å². The molecule has 184 valence electrons. The molecule has 0 aliphatic heterocycles. The van der Waals surface area contributed by atoms with Crippen molar-refractivity contribution in [2.75, 3.05) is 0 Å². The van der Waals surface area contributed by atoms with Crippen LogP contribution in [0.4, 0.5) is 0 Å². The van der Waals surface area contributed by atoms with E-state index in [4.69, 9.17) is 8.37 Å². The van der Waals surface area contributed by atoms with Gasteiger partial charge in [-0.3, -0.25) is 13.2 Å². The molecule has 0 unspecified atom stereocenters. The minimum Gasteiger partial charge on any atom is -0.726 e. The first-order chi connectivity index (χ1) is 14.6. The Kier molecular flexibility index (Phi) is 10.1. The molecule has 0 saturated heterocycles. The zero-order chi connectivity index (χ0) is 23.7. The number of rotatable bonds is 5. The van der Waals surface area contributed by atoms with E-state index < -0.39 is 38.9 Å². The van der Waals surface area contributed by atoms with E-state index in [0.29, 0.717) is 19.3 Å². The predicted molar refractivity (Wildman–Crippen MR) is 110 cm³/mol. The van der Waals surface area contributed by atoms with Crippen LogP contribution in [0, 0.1) is 40.4 Å². The SMILES string of the molecule is CC(=O)[C@H]1CC[C@H]2[C@@H]3C[C@H](OS(=O)(=O)[O-])[C@H]4C[C@@H](OS(=O)(=O)[O-])CC[C@]4(C)[C@H]3CC[C@]12C.[Na+].[Na+]. The monoisotopic (exact) mass is 538 g/mol. The Morgan fingerprint density at radius 1 is 0.794 bits per heavy atom. The van der Waals surface area contributed by atoms with Crippen molar-refractivity contribution in [2.24, 2.45) is 40.4 Å². The minimum atomic E-state index is -4.98. The Morgan fingerprint density at radius 2 is 1.35 bits per heavy atom. The van der Waals surface area contributed by atoms with Gasteiger partial charge in [0.1, 0.15) is 5.78 Å². The van der Waals surface area contributed by atoms with Gasteiger partial charge in [0.25, 0.3) is 0 Å². The molecule has 4 rings (SSSR count). The van der Waals surface area contributed by atoms with Gasteiger partial charge in [0, 0.05) is 5.92 Å². The van der Waals surface area contributed by atoms with Gasteiger partial charge < -0.3 is 9.11 Å². The molecule has 34 heavy (non-hydrogen) atoms. The number of ketones is 1. The Balaban J connectivity index is 0.00000204. The molecular formula is C21H32Na2O9S2. The minimum absolute atomic E-state index is 0. The van der Waals surface area contributed by atoms with Crippen molar-refractivity contribution in [1.82, 2.24) is 0 Å². The maximum absolute atomic E-state index is 12.3. The van der Waals surface area contributed by atoms with Crippen LogP contribution < -0.4 is 59.1 Å². The maximum atomic E-state index is 12.3. The molecule has 0 aromatic heterocycles. The number of hydrogen-bond acceptors (Lipinski definition) is 9. The summed E-state index contributed by atoms with van der Waals surface area (Å²) in [5, 5.41) is 0. The van der Waals surface area contributed by atoms with Gasteiger partial charge in [0.05, 0.1) is 12.2 Å². The van der Waals surface area contributed by atoms with Crippen LogP contribution in [0.25, 0.3) is 0 Å². The summed E-state index contributed by atoms with van der Waals surface area (Å²) in [4.78, 5) is 12.3. The summed E-state index contributed by atoms with van der Waals surface area (Å²) < 4.78 is 77.9. The normalized spacial score (nSPS) is 44.0. The summed E-state index contributed by atoms with van der Waals surface area (Å²) in [6.07, 6.45) is 3.19. The van der Waals surface area contributed by atoms with Crippen LogP contribution in [-0.4, -0.2) is 43.9 Å². The molecule has 0 aromatic rings. The number of carbonyl (C=O) groups excluding carboxylic acids is 1. The molecule has 4 saturated carbocycles. The Hall–Kier alpha value is 1.41. The van der Waals surface area contributed by atoms with E-state index in [-0.39, 0.29) is 106 Å². The summed E-state index contributed by atoms with van der Waals surface area (Å²) in [5.41, 5.74) is -0.519.